The van der Waals surface area contributed by atoms with Crippen LogP contribution in [-0.2, 0) is 0 Å². The first-order chi connectivity index (χ1) is 4.45. The molecule has 0 radical (unpaired) electrons. The molecule has 78 valence electrons. The minimum atomic E-state index is 0. The van der Waals surface area contributed by atoms with Crippen molar-refractivity contribution in [3.8, 4) is 0 Å². The number of hydrogen-bond acceptors (Lipinski definition) is 0. The molecule has 0 aliphatic carbocycles. The SMILES string of the molecule is C.C.CCC(C)CCC(C)(C)C. The van der Waals surface area contributed by atoms with Crippen LogP contribution in [0.15, 0.2) is 0 Å². The van der Waals surface area contributed by atoms with Crippen molar-refractivity contribution >= 4 is 0 Å². The topological polar surface area (TPSA) is 0 Å². The molecule has 0 aromatic heterocycles. The van der Waals surface area contributed by atoms with E-state index in [4.69, 9.17) is 0 Å². The van der Waals surface area contributed by atoms with E-state index >= 15 is 0 Å². The summed E-state index contributed by atoms with van der Waals surface area (Å²) < 4.78 is 0. The smallest absolute Gasteiger partial charge is 0.0383 e. The molecule has 1 atom stereocenters. The van der Waals surface area contributed by atoms with E-state index in [1.807, 2.05) is 0 Å². The molecule has 0 rings (SSSR count). The highest BCUT2D eigenvalue weighted by molar-refractivity contribution is 4.63. The third-order valence-electron chi connectivity index (χ3n) is 2.08. The van der Waals surface area contributed by atoms with Gasteiger partial charge in [-0.15, -0.1) is 0 Å². The van der Waals surface area contributed by atoms with Crippen LogP contribution in [0.4, 0.5) is 0 Å². The lowest BCUT2D eigenvalue weighted by Crippen LogP contribution is -2.06. The van der Waals surface area contributed by atoms with Crippen molar-refractivity contribution in [1.82, 2.24) is 0 Å². The normalized spacial score (nSPS) is 12.8. The Morgan fingerprint density at radius 2 is 1.50 bits per heavy atom. The quantitative estimate of drug-likeness (QED) is 0.556. The Kier molecular flexibility index (Phi) is 11.4. The maximum Gasteiger partial charge on any atom is -0.0383 e. The van der Waals surface area contributed by atoms with E-state index in [0.29, 0.717) is 5.41 Å². The molecule has 0 aliphatic rings. The molecule has 0 spiro atoms. The zero-order valence-corrected chi connectivity index (χ0v) is 8.20. The highest BCUT2D eigenvalue weighted by atomic mass is 14.2. The Labute approximate surface area is 80.8 Å². The summed E-state index contributed by atoms with van der Waals surface area (Å²) in [6, 6.07) is 0. The molecule has 0 bridgehead atoms. The first-order valence-corrected chi connectivity index (χ1v) is 4.45. The summed E-state index contributed by atoms with van der Waals surface area (Å²) in [7, 11) is 0. The molecule has 0 aromatic carbocycles. The molecule has 0 N–H and O–H groups in total. The second kappa shape index (κ2) is 7.64. The van der Waals surface area contributed by atoms with Crippen LogP contribution >= 0.6 is 0 Å². The molecule has 0 amide bonds. The van der Waals surface area contributed by atoms with Crippen molar-refractivity contribution in [3.05, 3.63) is 0 Å². The first kappa shape index (κ1) is 17.9. The lowest BCUT2D eigenvalue weighted by Gasteiger charge is -2.19. The molecule has 0 nitrogen and oxygen atoms in total. The summed E-state index contributed by atoms with van der Waals surface area (Å²) in [5.74, 6) is 0.916. The van der Waals surface area contributed by atoms with Crippen LogP contribution in [0.1, 0.15) is 68.7 Å². The van der Waals surface area contributed by atoms with Gasteiger partial charge in [-0.2, -0.15) is 0 Å². The Morgan fingerprint density at radius 3 is 1.75 bits per heavy atom. The van der Waals surface area contributed by atoms with Crippen LogP contribution in [0.5, 0.6) is 0 Å². The number of rotatable bonds is 3. The van der Waals surface area contributed by atoms with E-state index in [2.05, 4.69) is 34.6 Å². The minimum Gasteiger partial charge on any atom is -0.0776 e. The predicted molar refractivity (Wildman–Crippen MR) is 61.6 cm³/mol. The summed E-state index contributed by atoms with van der Waals surface area (Å²) in [4.78, 5) is 0. The van der Waals surface area contributed by atoms with Crippen molar-refractivity contribution in [2.45, 2.75) is 68.7 Å². The van der Waals surface area contributed by atoms with Crippen LogP contribution in [-0.4, -0.2) is 0 Å². The van der Waals surface area contributed by atoms with Crippen molar-refractivity contribution in [1.29, 1.82) is 0 Å². The van der Waals surface area contributed by atoms with Crippen LogP contribution < -0.4 is 0 Å². The van der Waals surface area contributed by atoms with E-state index in [1.165, 1.54) is 19.3 Å². The molecular formula is C12H30. The first-order valence-electron chi connectivity index (χ1n) is 4.45. The van der Waals surface area contributed by atoms with Gasteiger partial charge in [0.25, 0.3) is 0 Å². The van der Waals surface area contributed by atoms with E-state index in [-0.39, 0.29) is 14.9 Å². The highest BCUT2D eigenvalue weighted by Gasteiger charge is 2.10. The Balaban J connectivity index is -0.000000405. The molecule has 0 heterocycles. The molecule has 0 fully saturated rings. The summed E-state index contributed by atoms with van der Waals surface area (Å²) in [5, 5.41) is 0. The van der Waals surface area contributed by atoms with Gasteiger partial charge in [0.2, 0.25) is 0 Å². The zero-order chi connectivity index (χ0) is 8.20. The third kappa shape index (κ3) is 12.7. The van der Waals surface area contributed by atoms with Gasteiger partial charge in [-0.1, -0.05) is 62.3 Å². The predicted octanol–water partition coefficient (Wildman–Crippen LogP) is 5.13. The summed E-state index contributed by atoms with van der Waals surface area (Å²) in [6.45, 7) is 11.6. The Morgan fingerprint density at radius 1 is 1.08 bits per heavy atom. The van der Waals surface area contributed by atoms with E-state index in [9.17, 15) is 0 Å². The fourth-order valence-electron chi connectivity index (χ4n) is 0.884. The van der Waals surface area contributed by atoms with E-state index < -0.39 is 0 Å². The number of hydrogen-bond donors (Lipinski definition) is 0. The maximum absolute atomic E-state index is 2.34. The lowest BCUT2D eigenvalue weighted by atomic mass is 9.86. The van der Waals surface area contributed by atoms with Crippen molar-refractivity contribution in [3.63, 3.8) is 0 Å². The van der Waals surface area contributed by atoms with Gasteiger partial charge in [-0.05, 0) is 17.8 Å². The maximum atomic E-state index is 2.34. The van der Waals surface area contributed by atoms with Crippen LogP contribution in [0.2, 0.25) is 0 Å². The van der Waals surface area contributed by atoms with Gasteiger partial charge in [-0.25, -0.2) is 0 Å². The second-order valence-corrected chi connectivity index (χ2v) is 4.61. The lowest BCUT2D eigenvalue weighted by molar-refractivity contribution is 0.327. The summed E-state index contributed by atoms with van der Waals surface area (Å²) in [5.41, 5.74) is 0.531. The Bertz CT molecular complexity index is 76.5. The van der Waals surface area contributed by atoms with Gasteiger partial charge < -0.3 is 0 Å². The van der Waals surface area contributed by atoms with Gasteiger partial charge in [-0.3, -0.25) is 0 Å². The minimum absolute atomic E-state index is 0. The molecule has 1 unspecified atom stereocenters. The van der Waals surface area contributed by atoms with Gasteiger partial charge >= 0.3 is 0 Å². The molecule has 0 saturated heterocycles. The monoisotopic (exact) mass is 174 g/mol. The molecule has 12 heavy (non-hydrogen) atoms. The van der Waals surface area contributed by atoms with Gasteiger partial charge in [0.05, 0.1) is 0 Å². The Hall–Kier alpha value is 0. The second-order valence-electron chi connectivity index (χ2n) is 4.61. The summed E-state index contributed by atoms with van der Waals surface area (Å²) >= 11 is 0. The van der Waals surface area contributed by atoms with Gasteiger partial charge in [0.1, 0.15) is 0 Å². The molecule has 0 saturated carbocycles. The average molecular weight is 174 g/mol. The third-order valence-corrected chi connectivity index (χ3v) is 2.08. The van der Waals surface area contributed by atoms with Crippen molar-refractivity contribution in [2.75, 3.05) is 0 Å². The van der Waals surface area contributed by atoms with Gasteiger partial charge in [0, 0.05) is 0 Å². The van der Waals surface area contributed by atoms with Crippen molar-refractivity contribution < 1.29 is 0 Å². The van der Waals surface area contributed by atoms with Crippen LogP contribution in [0.25, 0.3) is 0 Å². The highest BCUT2D eigenvalue weighted by Crippen LogP contribution is 2.24. The van der Waals surface area contributed by atoms with E-state index in [0.717, 1.165) is 5.92 Å². The molecule has 0 aromatic rings. The van der Waals surface area contributed by atoms with Crippen molar-refractivity contribution in [2.24, 2.45) is 11.3 Å². The fourth-order valence-corrected chi connectivity index (χ4v) is 0.884. The van der Waals surface area contributed by atoms with Crippen LogP contribution in [0.3, 0.4) is 0 Å². The molecule has 0 aliphatic heterocycles. The molecular weight excluding hydrogens is 144 g/mol. The largest absolute Gasteiger partial charge is 0.0776 e. The zero-order valence-electron chi connectivity index (χ0n) is 8.20. The average Bonchev–Trinajstić information content (AvgIpc) is 1.81. The standard InChI is InChI=1S/C10H22.2CH4/c1-6-9(2)7-8-10(3,4)5;;/h9H,6-8H2,1-5H3;2*1H4. The van der Waals surface area contributed by atoms with Crippen LogP contribution in [0, 0.1) is 11.3 Å². The van der Waals surface area contributed by atoms with Gasteiger partial charge in [0.15, 0.2) is 0 Å². The molecule has 0 heteroatoms. The summed E-state index contributed by atoms with van der Waals surface area (Å²) in [6.07, 6.45) is 4.08. The van der Waals surface area contributed by atoms with E-state index in [1.54, 1.807) is 0 Å². The fraction of sp³-hybridized carbons (Fsp3) is 1.00.